The molecule has 0 atom stereocenters. The SMILES string of the molecule is C/C=C\C(=NC)NCOC. The maximum atomic E-state index is 4.79. The third-order valence-electron chi connectivity index (χ3n) is 0.963. The molecule has 0 aromatic heterocycles. The molecule has 1 N–H and O–H groups in total. The monoisotopic (exact) mass is 142 g/mol. The summed E-state index contributed by atoms with van der Waals surface area (Å²) in [5, 5.41) is 2.96. The molecular weight excluding hydrogens is 128 g/mol. The molecule has 0 spiro atoms. The maximum absolute atomic E-state index is 4.79. The van der Waals surface area contributed by atoms with Crippen molar-refractivity contribution in [3.8, 4) is 0 Å². The number of rotatable bonds is 3. The Morgan fingerprint density at radius 2 is 2.40 bits per heavy atom. The van der Waals surface area contributed by atoms with Crippen LogP contribution in [0.2, 0.25) is 0 Å². The van der Waals surface area contributed by atoms with Crippen LogP contribution in [0.25, 0.3) is 0 Å². The molecule has 0 saturated heterocycles. The van der Waals surface area contributed by atoms with E-state index in [0.29, 0.717) is 6.73 Å². The van der Waals surface area contributed by atoms with E-state index in [1.54, 1.807) is 14.2 Å². The van der Waals surface area contributed by atoms with E-state index < -0.39 is 0 Å². The van der Waals surface area contributed by atoms with Gasteiger partial charge in [0.05, 0.1) is 0 Å². The van der Waals surface area contributed by atoms with Crippen molar-refractivity contribution >= 4 is 5.84 Å². The Balaban J connectivity index is 3.62. The van der Waals surface area contributed by atoms with Gasteiger partial charge in [-0.2, -0.15) is 0 Å². The number of allylic oxidation sites excluding steroid dienone is 1. The molecule has 0 saturated carbocycles. The van der Waals surface area contributed by atoms with E-state index in [-0.39, 0.29) is 0 Å². The van der Waals surface area contributed by atoms with Crippen LogP contribution in [-0.4, -0.2) is 26.7 Å². The molecule has 0 heterocycles. The predicted octanol–water partition coefficient (Wildman–Crippen LogP) is 0.784. The van der Waals surface area contributed by atoms with E-state index in [4.69, 9.17) is 4.74 Å². The highest BCUT2D eigenvalue weighted by molar-refractivity contribution is 5.92. The summed E-state index contributed by atoms with van der Waals surface area (Å²) in [7, 11) is 3.37. The molecule has 0 fully saturated rings. The molecule has 10 heavy (non-hydrogen) atoms. The third-order valence-corrected chi connectivity index (χ3v) is 0.963. The highest BCUT2D eigenvalue weighted by Gasteiger charge is 1.86. The van der Waals surface area contributed by atoms with Crippen LogP contribution >= 0.6 is 0 Å². The standard InChI is InChI=1S/C7H14N2O/c1-4-5-7(8-2)9-6-10-3/h4-5H,6H2,1-3H3,(H,8,9)/b5-4-. The highest BCUT2D eigenvalue weighted by atomic mass is 16.5. The molecule has 0 unspecified atom stereocenters. The minimum Gasteiger partial charge on any atom is -0.365 e. The van der Waals surface area contributed by atoms with E-state index in [1.807, 2.05) is 19.1 Å². The van der Waals surface area contributed by atoms with Gasteiger partial charge in [0.25, 0.3) is 0 Å². The first-order valence-electron chi connectivity index (χ1n) is 3.17. The molecular formula is C7H14N2O. The number of aliphatic imine (C=N–C) groups is 1. The second kappa shape index (κ2) is 6.29. The van der Waals surface area contributed by atoms with Gasteiger partial charge in [-0.05, 0) is 13.0 Å². The summed E-state index contributed by atoms with van der Waals surface area (Å²) >= 11 is 0. The average Bonchev–Trinajstić information content (AvgIpc) is 1.98. The zero-order valence-electron chi connectivity index (χ0n) is 6.72. The summed E-state index contributed by atoms with van der Waals surface area (Å²) < 4.78 is 4.79. The Hall–Kier alpha value is -0.830. The number of ether oxygens (including phenoxy) is 1. The molecule has 0 aliphatic rings. The van der Waals surface area contributed by atoms with Crippen molar-refractivity contribution in [2.75, 3.05) is 20.9 Å². The van der Waals surface area contributed by atoms with E-state index >= 15 is 0 Å². The molecule has 0 aromatic rings. The lowest BCUT2D eigenvalue weighted by molar-refractivity contribution is 0.192. The van der Waals surface area contributed by atoms with Gasteiger partial charge < -0.3 is 10.1 Å². The number of nitrogens with zero attached hydrogens (tertiary/aromatic N) is 1. The van der Waals surface area contributed by atoms with Gasteiger partial charge in [-0.25, -0.2) is 0 Å². The van der Waals surface area contributed by atoms with Crippen LogP contribution in [0.5, 0.6) is 0 Å². The highest BCUT2D eigenvalue weighted by Crippen LogP contribution is 1.75. The van der Waals surface area contributed by atoms with Crippen molar-refractivity contribution in [1.82, 2.24) is 5.32 Å². The summed E-state index contributed by atoms with van der Waals surface area (Å²) in [6.45, 7) is 2.44. The summed E-state index contributed by atoms with van der Waals surface area (Å²) in [4.78, 5) is 3.95. The molecule has 0 aromatic carbocycles. The van der Waals surface area contributed by atoms with Crippen LogP contribution in [0.15, 0.2) is 17.1 Å². The summed E-state index contributed by atoms with van der Waals surface area (Å²) in [6, 6.07) is 0. The van der Waals surface area contributed by atoms with Crippen LogP contribution < -0.4 is 5.32 Å². The molecule has 58 valence electrons. The lowest BCUT2D eigenvalue weighted by atomic mass is 10.5. The number of hydrogen-bond acceptors (Lipinski definition) is 2. The fourth-order valence-electron chi connectivity index (χ4n) is 0.516. The smallest absolute Gasteiger partial charge is 0.121 e. The minimum atomic E-state index is 0.497. The van der Waals surface area contributed by atoms with E-state index in [9.17, 15) is 0 Å². The average molecular weight is 142 g/mol. The third kappa shape index (κ3) is 4.09. The zero-order chi connectivity index (χ0) is 7.82. The normalized spacial score (nSPS) is 12.5. The molecule has 0 rings (SSSR count). The molecule has 3 nitrogen and oxygen atoms in total. The fraction of sp³-hybridized carbons (Fsp3) is 0.571. The van der Waals surface area contributed by atoms with Gasteiger partial charge >= 0.3 is 0 Å². The van der Waals surface area contributed by atoms with E-state index in [2.05, 4.69) is 10.3 Å². The van der Waals surface area contributed by atoms with Gasteiger partial charge in [0.2, 0.25) is 0 Å². The van der Waals surface area contributed by atoms with Crippen LogP contribution in [0.4, 0.5) is 0 Å². The van der Waals surface area contributed by atoms with E-state index in [1.165, 1.54) is 0 Å². The number of amidine groups is 1. The van der Waals surface area contributed by atoms with Gasteiger partial charge in [0, 0.05) is 14.2 Å². The molecule has 0 aliphatic carbocycles. The summed E-state index contributed by atoms with van der Waals surface area (Å²) in [5.41, 5.74) is 0. The van der Waals surface area contributed by atoms with E-state index in [0.717, 1.165) is 5.84 Å². The van der Waals surface area contributed by atoms with Gasteiger partial charge in [0.1, 0.15) is 12.6 Å². The Bertz CT molecular complexity index is 130. The number of methoxy groups -OCH3 is 1. The van der Waals surface area contributed by atoms with Crippen LogP contribution in [0, 0.1) is 0 Å². The Kier molecular flexibility index (Phi) is 5.77. The molecule has 0 bridgehead atoms. The van der Waals surface area contributed by atoms with Crippen molar-refractivity contribution < 1.29 is 4.74 Å². The molecule has 0 radical (unpaired) electrons. The molecule has 3 heteroatoms. The van der Waals surface area contributed by atoms with Crippen molar-refractivity contribution in [1.29, 1.82) is 0 Å². The van der Waals surface area contributed by atoms with Gasteiger partial charge in [0.15, 0.2) is 0 Å². The first-order chi connectivity index (χ1) is 4.85. The molecule has 0 aliphatic heterocycles. The van der Waals surface area contributed by atoms with Crippen molar-refractivity contribution in [2.45, 2.75) is 6.92 Å². The first-order valence-corrected chi connectivity index (χ1v) is 3.17. The van der Waals surface area contributed by atoms with Gasteiger partial charge in [-0.3, -0.25) is 4.99 Å². The van der Waals surface area contributed by atoms with Gasteiger partial charge in [-0.15, -0.1) is 0 Å². The van der Waals surface area contributed by atoms with Crippen molar-refractivity contribution in [3.05, 3.63) is 12.2 Å². The quantitative estimate of drug-likeness (QED) is 0.359. The molecule has 0 amide bonds. The second-order valence-electron chi connectivity index (χ2n) is 1.72. The van der Waals surface area contributed by atoms with Crippen molar-refractivity contribution in [2.24, 2.45) is 4.99 Å². The Labute approximate surface area is 61.8 Å². The fourth-order valence-corrected chi connectivity index (χ4v) is 0.516. The van der Waals surface area contributed by atoms with Crippen LogP contribution in [0.1, 0.15) is 6.92 Å². The first kappa shape index (κ1) is 9.17. The number of nitrogens with one attached hydrogen (secondary N) is 1. The lowest BCUT2D eigenvalue weighted by Gasteiger charge is -2.02. The number of hydrogen-bond donors (Lipinski definition) is 1. The predicted molar refractivity (Wildman–Crippen MR) is 43.2 cm³/mol. The topological polar surface area (TPSA) is 33.6 Å². The second-order valence-corrected chi connectivity index (χ2v) is 1.72. The summed E-state index contributed by atoms with van der Waals surface area (Å²) in [5.74, 6) is 0.837. The maximum Gasteiger partial charge on any atom is 0.121 e. The Morgan fingerprint density at radius 1 is 1.70 bits per heavy atom. The largest absolute Gasteiger partial charge is 0.365 e. The summed E-state index contributed by atoms with van der Waals surface area (Å²) in [6.07, 6.45) is 3.81. The zero-order valence-corrected chi connectivity index (χ0v) is 6.72. The van der Waals surface area contributed by atoms with Crippen LogP contribution in [-0.2, 0) is 4.74 Å². The van der Waals surface area contributed by atoms with Gasteiger partial charge in [-0.1, -0.05) is 6.08 Å². The van der Waals surface area contributed by atoms with Crippen LogP contribution in [0.3, 0.4) is 0 Å². The lowest BCUT2D eigenvalue weighted by Crippen LogP contribution is -2.23. The Morgan fingerprint density at radius 3 is 2.80 bits per heavy atom. The minimum absolute atomic E-state index is 0.497. The van der Waals surface area contributed by atoms with Crippen molar-refractivity contribution in [3.63, 3.8) is 0 Å².